The lowest BCUT2D eigenvalue weighted by Crippen LogP contribution is -2.36. The van der Waals surface area contributed by atoms with Gasteiger partial charge >= 0.3 is 0 Å². The average Bonchev–Trinajstić information content (AvgIpc) is 2.87. The highest BCUT2D eigenvalue weighted by Crippen LogP contribution is 2.30. The highest BCUT2D eigenvalue weighted by Gasteiger charge is 2.21. The molecule has 0 amide bonds. The maximum Gasteiger partial charge on any atom is 0.253 e. The van der Waals surface area contributed by atoms with E-state index in [2.05, 4.69) is 10.6 Å². The zero-order valence-electron chi connectivity index (χ0n) is 18.6. The van der Waals surface area contributed by atoms with E-state index >= 15 is 0 Å². The highest BCUT2D eigenvalue weighted by molar-refractivity contribution is 5.76. The maximum absolute atomic E-state index is 13.8. The molecule has 0 spiro atoms. The second-order valence-corrected chi connectivity index (χ2v) is 7.97. The minimum atomic E-state index is -0.913. The molecule has 0 saturated heterocycles. The Labute approximate surface area is 194 Å². The zero-order chi connectivity index (χ0) is 24.4. The van der Waals surface area contributed by atoms with Crippen molar-refractivity contribution >= 4 is 17.1 Å². The van der Waals surface area contributed by atoms with Crippen LogP contribution in [0.15, 0.2) is 76.3 Å². The number of hydrogen-bond donors (Lipinski definition) is 3. The lowest BCUT2D eigenvalue weighted by Gasteiger charge is -2.25. The molecule has 0 aliphatic carbocycles. The number of nitrogen functional groups attached to an aromatic ring is 1. The van der Waals surface area contributed by atoms with E-state index in [4.69, 9.17) is 10.5 Å². The largest absolute Gasteiger partial charge is 0.497 e. The molecule has 0 aliphatic heterocycles. The number of nitrogens with two attached hydrogens (primary N) is 1. The molecule has 4 aromatic rings. The number of ether oxygens (including phenoxy) is 1. The first-order chi connectivity index (χ1) is 16.3. The fourth-order valence-corrected chi connectivity index (χ4v) is 3.78. The molecule has 4 N–H and O–H groups in total. The fraction of sp³-hybridized carbons (Fsp3) is 0.154. The first kappa shape index (κ1) is 23.1. The molecule has 4 rings (SSSR count). The van der Waals surface area contributed by atoms with Gasteiger partial charge in [-0.05, 0) is 60.0 Å². The van der Waals surface area contributed by atoms with E-state index in [0.29, 0.717) is 17.0 Å². The molecule has 0 fully saturated rings. The molecule has 0 aromatic heterocycles. The highest BCUT2D eigenvalue weighted by atomic mass is 19.2. The molecular formula is C26H23F2N3O3. The van der Waals surface area contributed by atoms with Gasteiger partial charge in [-0.3, -0.25) is 14.9 Å². The van der Waals surface area contributed by atoms with Crippen molar-refractivity contribution in [3.8, 4) is 5.75 Å². The predicted octanol–water partition coefficient (Wildman–Crippen LogP) is 4.34. The van der Waals surface area contributed by atoms with Crippen molar-refractivity contribution in [2.75, 3.05) is 18.2 Å². The van der Waals surface area contributed by atoms with Crippen molar-refractivity contribution in [1.82, 2.24) is 5.32 Å². The van der Waals surface area contributed by atoms with E-state index in [9.17, 15) is 18.4 Å². The third-order valence-electron chi connectivity index (χ3n) is 5.75. The Balaban J connectivity index is 1.68. The van der Waals surface area contributed by atoms with Crippen molar-refractivity contribution in [2.45, 2.75) is 19.0 Å². The van der Waals surface area contributed by atoms with Crippen molar-refractivity contribution in [3.05, 3.63) is 116 Å². The zero-order valence-corrected chi connectivity index (χ0v) is 18.6. The van der Waals surface area contributed by atoms with Crippen LogP contribution in [-0.4, -0.2) is 7.11 Å². The number of halogens is 2. The van der Waals surface area contributed by atoms with Gasteiger partial charge in [0, 0.05) is 11.7 Å². The van der Waals surface area contributed by atoms with Gasteiger partial charge in [0.25, 0.3) is 10.9 Å². The summed E-state index contributed by atoms with van der Waals surface area (Å²) in [4.78, 5) is 23.2. The maximum atomic E-state index is 13.8. The van der Waals surface area contributed by atoms with Gasteiger partial charge in [-0.25, -0.2) is 8.78 Å². The van der Waals surface area contributed by atoms with Crippen LogP contribution < -0.4 is 32.0 Å². The van der Waals surface area contributed by atoms with Crippen LogP contribution in [0.4, 0.5) is 25.8 Å². The van der Waals surface area contributed by atoms with E-state index in [1.54, 1.807) is 19.2 Å². The summed E-state index contributed by atoms with van der Waals surface area (Å²) in [6.07, 6.45) is 0. The van der Waals surface area contributed by atoms with Crippen molar-refractivity contribution < 1.29 is 13.5 Å². The summed E-state index contributed by atoms with van der Waals surface area (Å²) >= 11 is 0. The normalized spacial score (nSPS) is 12.9. The van der Waals surface area contributed by atoms with Crippen molar-refractivity contribution in [1.29, 1.82) is 0 Å². The number of anilines is 3. The van der Waals surface area contributed by atoms with Gasteiger partial charge in [0.05, 0.1) is 13.2 Å². The van der Waals surface area contributed by atoms with Gasteiger partial charge in [0.1, 0.15) is 17.1 Å². The summed E-state index contributed by atoms with van der Waals surface area (Å²) in [5.41, 5.74) is 7.18. The second kappa shape index (κ2) is 9.44. The van der Waals surface area contributed by atoms with Crippen LogP contribution in [0.5, 0.6) is 5.75 Å². The van der Waals surface area contributed by atoms with Crippen LogP contribution in [0.1, 0.15) is 35.7 Å². The summed E-state index contributed by atoms with van der Waals surface area (Å²) in [7, 11) is 1.58. The van der Waals surface area contributed by atoms with Crippen molar-refractivity contribution in [3.63, 3.8) is 0 Å². The first-order valence-electron chi connectivity index (χ1n) is 10.6. The average molecular weight is 463 g/mol. The summed E-state index contributed by atoms with van der Waals surface area (Å²) in [5, 5.41) is 6.38. The van der Waals surface area contributed by atoms with Crippen molar-refractivity contribution in [2.24, 2.45) is 0 Å². The molecule has 0 aliphatic rings. The van der Waals surface area contributed by atoms with Crippen LogP contribution in [0.2, 0.25) is 0 Å². The topological polar surface area (TPSA) is 93.4 Å². The molecule has 34 heavy (non-hydrogen) atoms. The Morgan fingerprint density at radius 3 is 2.21 bits per heavy atom. The smallest absolute Gasteiger partial charge is 0.253 e. The number of methoxy groups -OCH3 is 1. The summed E-state index contributed by atoms with van der Waals surface area (Å²) in [6.45, 7) is 1.86. The Morgan fingerprint density at radius 2 is 1.56 bits per heavy atom. The second-order valence-electron chi connectivity index (χ2n) is 7.97. The molecule has 4 aromatic carbocycles. The molecule has 0 saturated carbocycles. The first-order valence-corrected chi connectivity index (χ1v) is 10.6. The molecule has 0 heterocycles. The van der Waals surface area contributed by atoms with E-state index in [-0.39, 0.29) is 23.5 Å². The molecule has 8 heteroatoms. The Bertz CT molecular complexity index is 1400. The van der Waals surface area contributed by atoms with Gasteiger partial charge in [0.2, 0.25) is 0 Å². The molecule has 0 radical (unpaired) electrons. The quantitative estimate of drug-likeness (QED) is 0.337. The molecule has 0 bridgehead atoms. The number of rotatable bonds is 8. The Kier molecular flexibility index (Phi) is 6.43. The summed E-state index contributed by atoms with van der Waals surface area (Å²) < 4.78 is 32.5. The molecule has 2 atom stereocenters. The number of hydrogen-bond acceptors (Lipinski definition) is 6. The summed E-state index contributed by atoms with van der Waals surface area (Å²) in [6, 6.07) is 17.9. The van der Waals surface area contributed by atoms with Gasteiger partial charge in [0.15, 0.2) is 11.6 Å². The minimum absolute atomic E-state index is 0.0752. The standard InChI is InChI=1S/C26H23F2N3O3/c1-14(16-8-11-20(27)21(28)13-16)30-23(15-6-9-19(34-2)10-7-15)17-4-3-5-18(12-17)31-24-22(29)25(32)26(24)33/h3-14,23,30-31H,29H2,1-2H3. The van der Waals surface area contributed by atoms with E-state index in [1.165, 1.54) is 12.1 Å². The summed E-state index contributed by atoms with van der Waals surface area (Å²) in [5.74, 6) is -1.12. The van der Waals surface area contributed by atoms with Gasteiger partial charge in [-0.1, -0.05) is 30.3 Å². The monoisotopic (exact) mass is 463 g/mol. The van der Waals surface area contributed by atoms with Crippen LogP contribution in [0, 0.1) is 11.6 Å². The van der Waals surface area contributed by atoms with Crippen LogP contribution in [-0.2, 0) is 0 Å². The van der Waals surface area contributed by atoms with Crippen LogP contribution in [0.25, 0.3) is 0 Å². The molecule has 6 nitrogen and oxygen atoms in total. The van der Waals surface area contributed by atoms with Gasteiger partial charge in [-0.15, -0.1) is 0 Å². The lowest BCUT2D eigenvalue weighted by atomic mass is 9.96. The third kappa shape index (κ3) is 4.53. The molecule has 174 valence electrons. The number of benzene rings is 3. The SMILES string of the molecule is COc1ccc(C(NC(C)c2ccc(F)c(F)c2)c2cccc(Nc3c(N)c(=O)c3=O)c2)cc1. The number of nitrogens with one attached hydrogen (secondary N) is 2. The molecular weight excluding hydrogens is 440 g/mol. The fourth-order valence-electron chi connectivity index (χ4n) is 3.78. The predicted molar refractivity (Wildman–Crippen MR) is 128 cm³/mol. The van der Waals surface area contributed by atoms with E-state index < -0.39 is 22.5 Å². The third-order valence-corrected chi connectivity index (χ3v) is 5.75. The van der Waals surface area contributed by atoms with Crippen LogP contribution >= 0.6 is 0 Å². The van der Waals surface area contributed by atoms with E-state index in [1.807, 2.05) is 43.3 Å². The van der Waals surface area contributed by atoms with Crippen LogP contribution in [0.3, 0.4) is 0 Å². The minimum Gasteiger partial charge on any atom is -0.497 e. The van der Waals surface area contributed by atoms with E-state index in [0.717, 1.165) is 17.2 Å². The van der Waals surface area contributed by atoms with Gasteiger partial charge < -0.3 is 15.8 Å². The molecule has 2 unspecified atom stereocenters. The van der Waals surface area contributed by atoms with Gasteiger partial charge in [-0.2, -0.15) is 0 Å². The Morgan fingerprint density at radius 1 is 0.853 bits per heavy atom. The lowest BCUT2D eigenvalue weighted by molar-refractivity contribution is 0.414. The Hall–Kier alpha value is -4.04.